The molecule has 0 aromatic carbocycles. The Morgan fingerprint density at radius 2 is 1.77 bits per heavy atom. The van der Waals surface area contributed by atoms with Gasteiger partial charge in [0.05, 0.1) is 23.6 Å². The van der Waals surface area contributed by atoms with Crippen molar-refractivity contribution in [3.63, 3.8) is 0 Å². The number of rotatable bonds is 18. The average molecular weight is 578 g/mol. The Hall–Kier alpha value is -1.25. The lowest BCUT2D eigenvalue weighted by Gasteiger charge is -2.59. The quantitative estimate of drug-likeness (QED) is 0.0597. The fourth-order valence-electron chi connectivity index (χ4n) is 8.59. The monoisotopic (exact) mass is 577 g/mol. The van der Waals surface area contributed by atoms with Crippen LogP contribution in [0.4, 0.5) is 0 Å². The topological polar surface area (TPSA) is 113 Å². The van der Waals surface area contributed by atoms with Crippen LogP contribution in [0, 0.1) is 40.4 Å². The zero-order valence-corrected chi connectivity index (χ0v) is 25.2. The Kier molecular flexibility index (Phi) is 12.1. The molecule has 0 amide bonds. The summed E-state index contributed by atoms with van der Waals surface area (Å²) in [6.07, 6.45) is 18.0. The first-order valence-corrected chi connectivity index (χ1v) is 16.9. The molecule has 0 saturated heterocycles. The van der Waals surface area contributed by atoms with E-state index in [4.69, 9.17) is 4.74 Å². The van der Waals surface area contributed by atoms with Gasteiger partial charge in [0.25, 0.3) is 0 Å². The van der Waals surface area contributed by atoms with E-state index in [0.717, 1.165) is 69.6 Å². The first-order valence-electron chi connectivity index (χ1n) is 16.1. The van der Waals surface area contributed by atoms with Gasteiger partial charge in [-0.1, -0.05) is 57.6 Å². The number of nitrogens with zero attached hydrogens (tertiary/aromatic N) is 1. The normalized spacial score (nSPS) is 35.5. The number of hydrogen-bond donors (Lipinski definition) is 2. The van der Waals surface area contributed by atoms with Crippen LogP contribution in [0.2, 0.25) is 0 Å². The molecule has 5 aliphatic carbocycles. The molecule has 4 bridgehead atoms. The molecule has 0 spiro atoms. The van der Waals surface area contributed by atoms with Gasteiger partial charge in [-0.3, -0.25) is 9.59 Å². The van der Waals surface area contributed by atoms with Crippen LogP contribution in [0.15, 0.2) is 16.7 Å². The van der Waals surface area contributed by atoms with E-state index in [9.17, 15) is 24.7 Å². The largest absolute Gasteiger partial charge is 0.466 e. The molecule has 226 valence electrons. The number of aliphatic hydroxyl groups excluding tert-OH is 2. The second-order valence-corrected chi connectivity index (χ2v) is 14.3. The van der Waals surface area contributed by atoms with Crippen molar-refractivity contribution in [1.29, 1.82) is 0 Å². The molecule has 8 heteroatoms. The number of ketones is 1. The Bertz CT molecular complexity index is 849. The molecular formula is C32H51NO6S. The maximum atomic E-state index is 12.5. The highest BCUT2D eigenvalue weighted by molar-refractivity contribution is 7.99. The molecule has 5 saturated carbocycles. The molecular weight excluding hydrogens is 526 g/mol. The summed E-state index contributed by atoms with van der Waals surface area (Å²) in [7, 11) is 0. The number of nitroso groups, excluding NO2 is 1. The third-order valence-electron chi connectivity index (χ3n) is 10.5. The van der Waals surface area contributed by atoms with Crippen molar-refractivity contribution < 1.29 is 24.5 Å². The molecule has 0 unspecified atom stereocenters. The molecule has 5 rings (SSSR count). The molecule has 0 radical (unpaired) electrons. The first kappa shape index (κ1) is 31.7. The summed E-state index contributed by atoms with van der Waals surface area (Å²) in [5.74, 6) is 2.25. The van der Waals surface area contributed by atoms with Crippen molar-refractivity contribution in [2.24, 2.45) is 40.1 Å². The summed E-state index contributed by atoms with van der Waals surface area (Å²) in [5, 5.41) is 20.6. The van der Waals surface area contributed by atoms with Gasteiger partial charge in [-0.25, -0.2) is 0 Å². The summed E-state index contributed by atoms with van der Waals surface area (Å²) >= 11 is 1.23. The predicted molar refractivity (Wildman–Crippen MR) is 158 cm³/mol. The highest BCUT2D eigenvalue weighted by atomic mass is 32.2. The summed E-state index contributed by atoms with van der Waals surface area (Å²) < 4.78 is 8.77. The summed E-state index contributed by atoms with van der Waals surface area (Å²) in [6, 6.07) is 0. The molecule has 0 heterocycles. The van der Waals surface area contributed by atoms with Gasteiger partial charge < -0.3 is 14.9 Å². The van der Waals surface area contributed by atoms with E-state index in [-0.39, 0.29) is 34.8 Å². The van der Waals surface area contributed by atoms with Crippen molar-refractivity contribution in [2.75, 3.05) is 6.61 Å². The zero-order valence-electron chi connectivity index (χ0n) is 24.4. The smallest absolute Gasteiger partial charge is 0.305 e. The maximum absolute atomic E-state index is 12.5. The molecule has 40 heavy (non-hydrogen) atoms. The number of unbranched alkanes of at least 4 members (excludes halogenated alkanes) is 5. The van der Waals surface area contributed by atoms with Crippen molar-refractivity contribution in [3.05, 3.63) is 17.1 Å². The summed E-state index contributed by atoms with van der Waals surface area (Å²) in [6.45, 7) is 2.50. The fraction of sp³-hybridized carbons (Fsp3) is 0.875. The third kappa shape index (κ3) is 7.97. The van der Waals surface area contributed by atoms with Gasteiger partial charge >= 0.3 is 5.97 Å². The molecule has 0 aromatic rings. The summed E-state index contributed by atoms with van der Waals surface area (Å²) in [4.78, 5) is 36.2. The van der Waals surface area contributed by atoms with Crippen molar-refractivity contribution in [3.8, 4) is 0 Å². The van der Waals surface area contributed by atoms with Gasteiger partial charge in [0.15, 0.2) is 0 Å². The van der Waals surface area contributed by atoms with E-state index in [0.29, 0.717) is 31.3 Å². The van der Waals surface area contributed by atoms with Gasteiger partial charge in [-0.15, -0.1) is 4.91 Å². The Morgan fingerprint density at radius 3 is 2.45 bits per heavy atom. The van der Waals surface area contributed by atoms with Crippen LogP contribution in [0.3, 0.4) is 0 Å². The van der Waals surface area contributed by atoms with E-state index in [1.807, 2.05) is 6.08 Å². The van der Waals surface area contributed by atoms with Crippen LogP contribution in [0.1, 0.15) is 116 Å². The Labute approximate surface area is 244 Å². The van der Waals surface area contributed by atoms with Crippen LogP contribution >= 0.6 is 11.9 Å². The number of carbonyl (C=O) groups is 2. The Balaban J connectivity index is 1.10. The maximum Gasteiger partial charge on any atom is 0.305 e. The van der Waals surface area contributed by atoms with Crippen molar-refractivity contribution >= 4 is 23.7 Å². The SMILES string of the molecule is CCCCC[C@H](O)/C=C/[C@@H]1[C@H](O)CC(=O)[C@@H]1CCCCCCC(=O)OCCC1(SN=O)C2CC3CC(C2)CC1C3. The number of esters is 1. The minimum atomic E-state index is -0.662. The van der Waals surface area contributed by atoms with Crippen LogP contribution in [0.5, 0.6) is 0 Å². The number of hydrogen-bond acceptors (Lipinski definition) is 8. The minimum absolute atomic E-state index is 0.117. The Morgan fingerprint density at radius 1 is 1.07 bits per heavy atom. The third-order valence-corrected chi connectivity index (χ3v) is 11.8. The number of carbonyl (C=O) groups excluding carboxylic acids is 2. The zero-order chi connectivity index (χ0) is 28.5. The van der Waals surface area contributed by atoms with Gasteiger partial charge in [0.2, 0.25) is 0 Å². The molecule has 5 aliphatic rings. The van der Waals surface area contributed by atoms with Crippen LogP contribution in [0.25, 0.3) is 0 Å². The van der Waals surface area contributed by atoms with E-state index >= 15 is 0 Å². The van der Waals surface area contributed by atoms with Gasteiger partial charge in [0, 0.05) is 41.2 Å². The minimum Gasteiger partial charge on any atom is -0.466 e. The second kappa shape index (κ2) is 15.3. The average Bonchev–Trinajstić information content (AvgIpc) is 3.19. The van der Waals surface area contributed by atoms with Crippen molar-refractivity contribution in [1.82, 2.24) is 0 Å². The second-order valence-electron chi connectivity index (χ2n) is 13.2. The molecule has 0 aliphatic heterocycles. The van der Waals surface area contributed by atoms with Crippen LogP contribution < -0.4 is 0 Å². The van der Waals surface area contributed by atoms with E-state index in [1.165, 1.54) is 44.1 Å². The van der Waals surface area contributed by atoms with E-state index in [1.54, 1.807) is 6.08 Å². The van der Waals surface area contributed by atoms with Crippen LogP contribution in [-0.4, -0.2) is 45.5 Å². The molecule has 4 atom stereocenters. The molecule has 0 aromatic heterocycles. The molecule has 2 N–H and O–H groups in total. The first-order chi connectivity index (χ1) is 19.4. The number of ether oxygens (including phenoxy) is 1. The van der Waals surface area contributed by atoms with E-state index < -0.39 is 12.2 Å². The lowest BCUT2D eigenvalue weighted by molar-refractivity contribution is -0.144. The predicted octanol–water partition coefficient (Wildman–Crippen LogP) is 6.93. The lowest BCUT2D eigenvalue weighted by atomic mass is 9.51. The standard InChI is InChI=1S/C32H51NO6S/c1-2-3-6-9-26(34)12-13-28-27(29(35)21-30(28)36)10-7-4-5-8-11-31(37)39-15-14-32(40-33-38)24-17-22-16-23(19-24)20-25(32)18-22/h12-13,22-28,30,34,36H,2-11,14-21H2,1H3/b13-12+/t22?,23?,24?,25?,26-,27+,28-,30+,32?/m0/s1. The van der Waals surface area contributed by atoms with Crippen molar-refractivity contribution in [2.45, 2.75) is 133 Å². The molecule has 7 nitrogen and oxygen atoms in total. The highest BCUT2D eigenvalue weighted by Gasteiger charge is 2.58. The number of aliphatic hydroxyl groups is 2. The molecule has 5 fully saturated rings. The highest BCUT2D eigenvalue weighted by Crippen LogP contribution is 2.64. The number of Topliss-reactive ketones (excluding diaryl/α,β-unsaturated/α-hetero) is 1. The fourth-order valence-corrected chi connectivity index (χ4v) is 9.58. The van der Waals surface area contributed by atoms with Gasteiger partial charge in [-0.2, -0.15) is 0 Å². The van der Waals surface area contributed by atoms with Gasteiger partial charge in [0.1, 0.15) is 5.78 Å². The van der Waals surface area contributed by atoms with E-state index in [2.05, 4.69) is 11.5 Å². The lowest BCUT2D eigenvalue weighted by Crippen LogP contribution is -2.56. The summed E-state index contributed by atoms with van der Waals surface area (Å²) in [5.41, 5.74) is 0. The van der Waals surface area contributed by atoms with Crippen LogP contribution in [-0.2, 0) is 14.3 Å². The van der Waals surface area contributed by atoms with Gasteiger partial charge in [-0.05, 0) is 81.5 Å².